The number of alkyl halides is 3. The lowest BCUT2D eigenvalue weighted by atomic mass is 10.0. The van der Waals surface area contributed by atoms with Gasteiger partial charge < -0.3 is 15.0 Å². The fourth-order valence-electron chi connectivity index (χ4n) is 4.97. The van der Waals surface area contributed by atoms with Crippen LogP contribution < -0.4 is 15.0 Å². The summed E-state index contributed by atoms with van der Waals surface area (Å²) < 4.78 is 42.7. The number of ether oxygens (including phenoxy) is 1. The minimum atomic E-state index is -4.75. The van der Waals surface area contributed by atoms with E-state index < -0.39 is 6.36 Å². The molecule has 5 rings (SSSR count). The van der Waals surface area contributed by atoms with Gasteiger partial charge in [0.15, 0.2) is 11.0 Å². The molecule has 1 saturated heterocycles. The van der Waals surface area contributed by atoms with Crippen molar-refractivity contribution in [3.8, 4) is 22.8 Å². The molecule has 0 bridgehead atoms. The quantitative estimate of drug-likeness (QED) is 0.233. The van der Waals surface area contributed by atoms with Crippen molar-refractivity contribution in [3.63, 3.8) is 0 Å². The maximum Gasteiger partial charge on any atom is 0.573 e. The van der Waals surface area contributed by atoms with E-state index in [1.807, 2.05) is 37.3 Å². The van der Waals surface area contributed by atoms with Crippen molar-refractivity contribution in [1.82, 2.24) is 20.1 Å². The second-order valence-electron chi connectivity index (χ2n) is 10.1. The van der Waals surface area contributed by atoms with Gasteiger partial charge in [0, 0.05) is 23.5 Å². The van der Waals surface area contributed by atoms with Crippen LogP contribution in [0.15, 0.2) is 78.0 Å². The summed E-state index contributed by atoms with van der Waals surface area (Å²) in [5, 5.41) is 8.21. The summed E-state index contributed by atoms with van der Waals surface area (Å²) in [5.74, 6) is 1.05. The monoisotopic (exact) mass is 608 g/mol. The van der Waals surface area contributed by atoms with Crippen LogP contribution in [0.4, 0.5) is 23.7 Å². The van der Waals surface area contributed by atoms with Crippen LogP contribution in [0.3, 0.4) is 0 Å². The Bertz CT molecular complexity index is 1580. The number of amidine groups is 1. The zero-order valence-electron chi connectivity index (χ0n) is 23.9. The van der Waals surface area contributed by atoms with E-state index in [4.69, 9.17) is 0 Å². The standard InChI is InChI=1S/C31H31F3N6O2S/c1-4-26(36-29(41)37-30-39(17-6-18-43-30)27-20(2)7-5-8-21(27)3)22-9-11-23(12-10-22)28-35-19-40(38-28)24-13-15-25(16-14-24)42-31(32,33)34/h5,7-16,19,26H,4,6,17-18H2,1-3H3,(H,36,41)/b37-30-. The van der Waals surface area contributed by atoms with Gasteiger partial charge in [-0.15, -0.1) is 18.3 Å². The molecule has 224 valence electrons. The number of carbonyl (C=O) groups excluding carboxylic acids is 1. The predicted molar refractivity (Wildman–Crippen MR) is 163 cm³/mol. The number of aliphatic imine (C=N–C) groups is 1. The number of hydrogen-bond donors (Lipinski definition) is 1. The Kier molecular flexibility index (Phi) is 9.05. The van der Waals surface area contributed by atoms with Crippen LogP contribution in [-0.4, -0.2) is 44.6 Å². The Labute approximate surface area is 252 Å². The normalized spacial score (nSPS) is 15.4. The highest BCUT2D eigenvalue weighted by Gasteiger charge is 2.31. The molecule has 0 radical (unpaired) electrons. The molecule has 1 atom stereocenters. The average Bonchev–Trinajstić information content (AvgIpc) is 3.47. The molecule has 1 unspecified atom stereocenters. The number of amides is 2. The zero-order valence-corrected chi connectivity index (χ0v) is 24.7. The van der Waals surface area contributed by atoms with Crippen molar-refractivity contribution in [2.75, 3.05) is 17.2 Å². The fourth-order valence-corrected chi connectivity index (χ4v) is 5.91. The first-order chi connectivity index (χ1) is 20.6. The number of urea groups is 1. The second-order valence-corrected chi connectivity index (χ2v) is 11.1. The number of aryl methyl sites for hydroxylation is 2. The van der Waals surface area contributed by atoms with Crippen molar-refractivity contribution < 1.29 is 22.7 Å². The molecular formula is C31H31F3N6O2S. The number of nitrogens with zero attached hydrogens (tertiary/aromatic N) is 5. The number of benzene rings is 3. The van der Waals surface area contributed by atoms with Crippen LogP contribution in [0.2, 0.25) is 0 Å². The van der Waals surface area contributed by atoms with Gasteiger partial charge in [-0.3, -0.25) is 0 Å². The lowest BCUT2D eigenvalue weighted by molar-refractivity contribution is -0.274. The highest BCUT2D eigenvalue weighted by molar-refractivity contribution is 8.14. The molecule has 1 aliphatic heterocycles. The first kappa shape index (κ1) is 30.1. The third-order valence-electron chi connectivity index (χ3n) is 7.00. The molecule has 0 spiro atoms. The number of para-hydroxylation sites is 1. The van der Waals surface area contributed by atoms with E-state index in [0.29, 0.717) is 23.1 Å². The van der Waals surface area contributed by atoms with Gasteiger partial charge in [0.05, 0.1) is 11.7 Å². The summed E-state index contributed by atoms with van der Waals surface area (Å²) in [4.78, 5) is 24.1. The zero-order chi connectivity index (χ0) is 30.6. The predicted octanol–water partition coefficient (Wildman–Crippen LogP) is 7.61. The minimum absolute atomic E-state index is 0.240. The van der Waals surface area contributed by atoms with Crippen LogP contribution >= 0.6 is 11.8 Å². The van der Waals surface area contributed by atoms with Crippen LogP contribution in [0, 0.1) is 13.8 Å². The van der Waals surface area contributed by atoms with E-state index in [0.717, 1.165) is 46.7 Å². The number of carbonyl (C=O) groups is 1. The summed E-state index contributed by atoms with van der Waals surface area (Å²) in [7, 11) is 0. The SMILES string of the molecule is CCC(NC(=O)/N=C1\SCCCN1c1c(C)cccc1C)c1ccc(-c2ncn(-c3ccc(OC(F)(F)F)cc3)n2)cc1. The summed E-state index contributed by atoms with van der Waals surface area (Å²) in [5.41, 5.74) is 5.61. The summed E-state index contributed by atoms with van der Waals surface area (Å²) in [6.45, 7) is 6.96. The van der Waals surface area contributed by atoms with Gasteiger partial charge in [0.2, 0.25) is 0 Å². The fraction of sp³-hybridized carbons (Fsp3) is 0.290. The van der Waals surface area contributed by atoms with Gasteiger partial charge in [-0.25, -0.2) is 14.5 Å². The van der Waals surface area contributed by atoms with Gasteiger partial charge in [-0.05, 0) is 67.6 Å². The van der Waals surface area contributed by atoms with E-state index in [1.54, 1.807) is 11.8 Å². The number of thioether (sulfide) groups is 1. The number of anilines is 1. The van der Waals surface area contributed by atoms with Gasteiger partial charge in [0.1, 0.15) is 12.1 Å². The summed E-state index contributed by atoms with van der Waals surface area (Å²) in [6, 6.07) is 18.5. The Morgan fingerprint density at radius 3 is 2.42 bits per heavy atom. The highest BCUT2D eigenvalue weighted by Crippen LogP contribution is 2.31. The molecule has 1 aromatic heterocycles. The van der Waals surface area contributed by atoms with Crippen LogP contribution in [0.25, 0.3) is 17.1 Å². The Balaban J connectivity index is 1.26. The van der Waals surface area contributed by atoms with Gasteiger partial charge in [-0.2, -0.15) is 4.99 Å². The van der Waals surface area contributed by atoms with Crippen LogP contribution in [0.1, 0.15) is 42.5 Å². The lowest BCUT2D eigenvalue weighted by Crippen LogP contribution is -2.37. The first-order valence-corrected chi connectivity index (χ1v) is 14.8. The van der Waals surface area contributed by atoms with E-state index >= 15 is 0 Å². The number of halogens is 3. The first-order valence-electron chi connectivity index (χ1n) is 13.8. The lowest BCUT2D eigenvalue weighted by Gasteiger charge is -2.32. The van der Waals surface area contributed by atoms with Crippen molar-refractivity contribution in [1.29, 1.82) is 0 Å². The second kappa shape index (κ2) is 12.9. The molecule has 3 aromatic carbocycles. The number of rotatable bonds is 7. The highest BCUT2D eigenvalue weighted by atomic mass is 32.2. The largest absolute Gasteiger partial charge is 0.573 e. The van der Waals surface area contributed by atoms with Gasteiger partial charge in [0.25, 0.3) is 0 Å². The molecule has 1 N–H and O–H groups in total. The molecule has 1 aliphatic rings. The Morgan fingerprint density at radius 1 is 1.07 bits per heavy atom. The molecular weight excluding hydrogens is 577 g/mol. The molecule has 0 aliphatic carbocycles. The third-order valence-corrected chi connectivity index (χ3v) is 8.06. The summed E-state index contributed by atoms with van der Waals surface area (Å²) >= 11 is 1.59. The van der Waals surface area contributed by atoms with E-state index in [1.165, 1.54) is 35.3 Å². The van der Waals surface area contributed by atoms with E-state index in [2.05, 4.69) is 56.0 Å². The molecule has 12 heteroatoms. The minimum Gasteiger partial charge on any atom is -0.406 e. The average molecular weight is 609 g/mol. The molecule has 0 saturated carbocycles. The maximum absolute atomic E-state index is 13.1. The topological polar surface area (TPSA) is 84.6 Å². The van der Waals surface area contributed by atoms with Gasteiger partial charge >= 0.3 is 12.4 Å². The summed E-state index contributed by atoms with van der Waals surface area (Å²) in [6.07, 6.45) is -1.58. The van der Waals surface area contributed by atoms with Crippen LogP contribution in [-0.2, 0) is 0 Å². The molecule has 2 heterocycles. The number of nitrogens with one attached hydrogen (secondary N) is 1. The number of aromatic nitrogens is 3. The molecule has 43 heavy (non-hydrogen) atoms. The smallest absolute Gasteiger partial charge is 0.406 e. The maximum atomic E-state index is 13.1. The van der Waals surface area contributed by atoms with E-state index in [-0.39, 0.29) is 17.8 Å². The van der Waals surface area contributed by atoms with Crippen molar-refractivity contribution in [3.05, 3.63) is 89.7 Å². The Morgan fingerprint density at radius 2 is 1.77 bits per heavy atom. The van der Waals surface area contributed by atoms with E-state index in [9.17, 15) is 18.0 Å². The van der Waals surface area contributed by atoms with Gasteiger partial charge in [-0.1, -0.05) is 61.2 Å². The third kappa shape index (κ3) is 7.37. The molecule has 8 nitrogen and oxygen atoms in total. The number of hydrogen-bond acceptors (Lipinski definition) is 5. The van der Waals surface area contributed by atoms with Crippen molar-refractivity contribution in [2.45, 2.75) is 46.0 Å². The molecule has 4 aromatic rings. The molecule has 1 fully saturated rings. The van der Waals surface area contributed by atoms with Crippen molar-refractivity contribution >= 4 is 28.6 Å². The van der Waals surface area contributed by atoms with Crippen LogP contribution in [0.5, 0.6) is 5.75 Å². The van der Waals surface area contributed by atoms with Crippen molar-refractivity contribution in [2.24, 2.45) is 4.99 Å². The molecule has 2 amide bonds. The Hall–Kier alpha value is -4.32.